The number of sulfone groups is 1. The molecule has 1 aliphatic carbocycles. The van der Waals surface area contributed by atoms with Gasteiger partial charge < -0.3 is 16.2 Å². The largest absolute Gasteiger partial charge is 0.388 e. The summed E-state index contributed by atoms with van der Waals surface area (Å²) in [7, 11) is -3.16. The molecule has 0 spiro atoms. The van der Waals surface area contributed by atoms with Gasteiger partial charge in [-0.3, -0.25) is 9.78 Å². The summed E-state index contributed by atoms with van der Waals surface area (Å²) in [4.78, 5) is 21.3. The third kappa shape index (κ3) is 5.93. The highest BCUT2D eigenvalue weighted by molar-refractivity contribution is 7.91. The fourth-order valence-electron chi connectivity index (χ4n) is 6.00. The van der Waals surface area contributed by atoms with Crippen LogP contribution in [-0.4, -0.2) is 52.5 Å². The van der Waals surface area contributed by atoms with Gasteiger partial charge in [-0.25, -0.2) is 26.6 Å². The van der Waals surface area contributed by atoms with E-state index in [1.807, 2.05) is 6.92 Å². The van der Waals surface area contributed by atoms with Gasteiger partial charge in [0.2, 0.25) is 0 Å². The van der Waals surface area contributed by atoms with Crippen molar-refractivity contribution < 1.29 is 31.5 Å². The van der Waals surface area contributed by atoms with E-state index >= 15 is 8.78 Å². The second-order valence-corrected chi connectivity index (χ2v) is 13.9. The highest BCUT2D eigenvalue weighted by Crippen LogP contribution is 2.43. The van der Waals surface area contributed by atoms with Gasteiger partial charge in [0.25, 0.3) is 5.91 Å². The molecule has 0 bridgehead atoms. The van der Waals surface area contributed by atoms with E-state index in [0.717, 1.165) is 29.8 Å². The lowest BCUT2D eigenvalue weighted by molar-refractivity contribution is -0.0463. The number of pyridine rings is 2. The van der Waals surface area contributed by atoms with E-state index < -0.39 is 56.1 Å². The van der Waals surface area contributed by atoms with E-state index in [1.165, 1.54) is 6.20 Å². The number of aromatic nitrogens is 2. The number of nitrogens with two attached hydrogens (primary N) is 1. The minimum Gasteiger partial charge on any atom is -0.388 e. The average Bonchev–Trinajstić information content (AvgIpc) is 2.92. The van der Waals surface area contributed by atoms with Crippen LogP contribution in [0.5, 0.6) is 0 Å². The Kier molecular flexibility index (Phi) is 8.16. The monoisotopic (exact) mass is 602 g/mol. The van der Waals surface area contributed by atoms with Crippen LogP contribution in [-0.2, 0) is 9.84 Å². The fourth-order valence-corrected chi connectivity index (χ4v) is 7.49. The summed E-state index contributed by atoms with van der Waals surface area (Å²) in [5, 5.41) is 13.4. The number of amides is 1. The molecule has 1 saturated heterocycles. The van der Waals surface area contributed by atoms with Crippen LogP contribution >= 0.6 is 0 Å². The van der Waals surface area contributed by atoms with Crippen LogP contribution in [0.15, 0.2) is 42.7 Å². The molecule has 1 saturated carbocycles. The maximum atomic E-state index is 15.2. The van der Waals surface area contributed by atoms with E-state index in [-0.39, 0.29) is 47.8 Å². The Morgan fingerprint density at radius 2 is 1.71 bits per heavy atom. The summed E-state index contributed by atoms with van der Waals surface area (Å²) in [6, 6.07) is 5.47. The molecule has 3 heterocycles. The van der Waals surface area contributed by atoms with Crippen LogP contribution in [0.3, 0.4) is 0 Å². The second kappa shape index (κ2) is 11.4. The van der Waals surface area contributed by atoms with Crippen LogP contribution in [0.1, 0.15) is 73.0 Å². The van der Waals surface area contributed by atoms with Gasteiger partial charge in [0.05, 0.1) is 34.6 Å². The highest BCUT2D eigenvalue weighted by Gasteiger charge is 2.42. The smallest absolute Gasteiger partial charge is 0.274 e. The molecule has 0 unspecified atom stereocenters. The average molecular weight is 603 g/mol. The maximum absolute atomic E-state index is 15.2. The molecule has 4 N–H and O–H groups in total. The van der Waals surface area contributed by atoms with Crippen molar-refractivity contribution in [3.8, 4) is 11.3 Å². The Morgan fingerprint density at radius 1 is 1.05 bits per heavy atom. The molecule has 5 rings (SSSR count). The predicted octanol–water partition coefficient (Wildman–Crippen LogP) is 4.70. The number of aliphatic hydroxyl groups is 1. The number of carbonyl (C=O) groups excluding carboxylic acids is 1. The number of nitrogens with zero attached hydrogens (tertiary/aromatic N) is 2. The number of nitrogens with one attached hydrogen (secondary N) is 1. The van der Waals surface area contributed by atoms with Crippen molar-refractivity contribution >= 4 is 21.4 Å². The molecule has 12 heteroatoms. The van der Waals surface area contributed by atoms with Crippen molar-refractivity contribution in [2.24, 2.45) is 11.7 Å². The summed E-state index contributed by atoms with van der Waals surface area (Å²) in [6.45, 7) is 3.63. The first-order chi connectivity index (χ1) is 19.8. The third-order valence-electron chi connectivity index (χ3n) is 8.87. The minimum absolute atomic E-state index is 0.0674. The van der Waals surface area contributed by atoms with Gasteiger partial charge in [-0.15, -0.1) is 0 Å². The highest BCUT2D eigenvalue weighted by atomic mass is 32.2. The van der Waals surface area contributed by atoms with Crippen molar-refractivity contribution in [1.82, 2.24) is 9.97 Å². The summed E-state index contributed by atoms with van der Waals surface area (Å²) >= 11 is 0. The Balaban J connectivity index is 1.40. The molecule has 2 fully saturated rings. The third-order valence-corrected chi connectivity index (χ3v) is 10.6. The lowest BCUT2D eigenvalue weighted by Gasteiger charge is -2.44. The predicted molar refractivity (Wildman–Crippen MR) is 152 cm³/mol. The molecule has 224 valence electrons. The normalized spacial score (nSPS) is 26.1. The quantitative estimate of drug-likeness (QED) is 0.385. The number of carbonyl (C=O) groups is 1. The van der Waals surface area contributed by atoms with Crippen LogP contribution in [0.4, 0.5) is 18.9 Å². The number of rotatable bonds is 5. The number of benzene rings is 1. The molecule has 8 nitrogen and oxygen atoms in total. The van der Waals surface area contributed by atoms with Crippen molar-refractivity contribution in [2.75, 3.05) is 16.8 Å². The minimum atomic E-state index is -3.16. The van der Waals surface area contributed by atoms with Crippen LogP contribution in [0.2, 0.25) is 0 Å². The molecular weight excluding hydrogens is 569 g/mol. The first kappa shape index (κ1) is 30.1. The standard InChI is InChI=1S/C30H33F3N4O4S/c1-16-11-19(14-26(34)30(16,2)39)20-5-8-35-15-25(20)37-29(38)24-4-3-21(31)28(36-24)27-22(32)12-18(13-23(27)33)17-6-9-42(40,41)10-7-17/h3-5,8,12-13,15-17,19,26,39H,6-7,9-11,14,34H2,1-2H3,(H,37,38)/t16-,19+,26+,30+/m0/s1. The zero-order valence-electron chi connectivity index (χ0n) is 23.3. The molecule has 42 heavy (non-hydrogen) atoms. The molecule has 4 atom stereocenters. The number of hydrogen-bond donors (Lipinski definition) is 3. The molecule has 1 aliphatic heterocycles. The van der Waals surface area contributed by atoms with E-state index in [2.05, 4.69) is 15.3 Å². The lowest BCUT2D eigenvalue weighted by atomic mass is 9.68. The van der Waals surface area contributed by atoms with E-state index in [0.29, 0.717) is 24.1 Å². The summed E-state index contributed by atoms with van der Waals surface area (Å²) < 4.78 is 68.8. The molecule has 2 aliphatic rings. The second-order valence-electron chi connectivity index (χ2n) is 11.6. The summed E-state index contributed by atoms with van der Waals surface area (Å²) in [5.74, 6) is -4.52. The van der Waals surface area contributed by atoms with Crippen molar-refractivity contribution in [3.05, 3.63) is 77.0 Å². The van der Waals surface area contributed by atoms with Gasteiger partial charge >= 0.3 is 0 Å². The Bertz CT molecular complexity index is 1580. The lowest BCUT2D eigenvalue weighted by Crippen LogP contribution is -2.54. The van der Waals surface area contributed by atoms with Gasteiger partial charge in [-0.05, 0) is 91.8 Å². The van der Waals surface area contributed by atoms with Crippen molar-refractivity contribution in [1.29, 1.82) is 0 Å². The van der Waals surface area contributed by atoms with Crippen LogP contribution in [0.25, 0.3) is 11.3 Å². The van der Waals surface area contributed by atoms with E-state index in [1.54, 1.807) is 19.2 Å². The summed E-state index contributed by atoms with van der Waals surface area (Å²) in [5.41, 5.74) is 5.04. The van der Waals surface area contributed by atoms with E-state index in [9.17, 15) is 22.7 Å². The van der Waals surface area contributed by atoms with Crippen LogP contribution in [0, 0.1) is 23.4 Å². The molecule has 1 amide bonds. The number of hydrogen-bond acceptors (Lipinski definition) is 7. The number of anilines is 1. The van der Waals surface area contributed by atoms with Gasteiger partial charge in [-0.2, -0.15) is 0 Å². The van der Waals surface area contributed by atoms with Gasteiger partial charge in [0, 0.05) is 12.2 Å². The molecular formula is C30H33F3N4O4S. The van der Waals surface area contributed by atoms with E-state index in [4.69, 9.17) is 5.73 Å². The topological polar surface area (TPSA) is 135 Å². The van der Waals surface area contributed by atoms with Crippen LogP contribution < -0.4 is 11.1 Å². The first-order valence-electron chi connectivity index (χ1n) is 13.9. The number of halogens is 3. The zero-order chi connectivity index (χ0) is 30.4. The molecule has 1 aromatic carbocycles. The van der Waals surface area contributed by atoms with Crippen molar-refractivity contribution in [3.63, 3.8) is 0 Å². The SMILES string of the molecule is C[C@H]1C[C@@H](c2ccncc2NC(=O)c2ccc(F)c(-c3c(F)cc(C4CCS(=O)(=O)CC4)cc3F)n2)C[C@@H](N)[C@]1(C)O. The zero-order valence-corrected chi connectivity index (χ0v) is 24.1. The van der Waals surface area contributed by atoms with Gasteiger partial charge in [-0.1, -0.05) is 6.92 Å². The fraction of sp³-hybridized carbons (Fsp3) is 0.433. The Labute approximate surface area is 242 Å². The molecule has 3 aromatic rings. The Hall–Kier alpha value is -3.35. The van der Waals surface area contributed by atoms with Gasteiger partial charge in [0.1, 0.15) is 38.7 Å². The van der Waals surface area contributed by atoms with Crippen molar-refractivity contribution in [2.45, 2.75) is 63.0 Å². The molecule has 0 radical (unpaired) electrons. The summed E-state index contributed by atoms with van der Waals surface area (Å²) in [6.07, 6.45) is 4.64. The molecule has 2 aromatic heterocycles. The Morgan fingerprint density at radius 3 is 2.36 bits per heavy atom. The first-order valence-corrected chi connectivity index (χ1v) is 15.7. The maximum Gasteiger partial charge on any atom is 0.274 e. The van der Waals surface area contributed by atoms with Gasteiger partial charge in [0.15, 0.2) is 0 Å².